The molecule has 0 heterocycles. The van der Waals surface area contributed by atoms with Crippen molar-refractivity contribution in [3.05, 3.63) is 48.0 Å². The van der Waals surface area contributed by atoms with E-state index in [4.69, 9.17) is 10.4 Å². The first-order chi connectivity index (χ1) is 7.85. The van der Waals surface area contributed by atoms with E-state index >= 15 is 0 Å². The summed E-state index contributed by atoms with van der Waals surface area (Å²) in [5.41, 5.74) is 0.909. The Morgan fingerprint density at radius 1 is 1.00 bits per heavy atom. The van der Waals surface area contributed by atoms with Gasteiger partial charge in [0, 0.05) is 5.56 Å². The monoisotopic (exact) mass is 214 g/mol. The van der Waals surface area contributed by atoms with Crippen LogP contribution in [0.5, 0.6) is 0 Å². The fraction of sp³-hybridized carbons (Fsp3) is 0. The van der Waals surface area contributed by atoms with Gasteiger partial charge < -0.3 is 10.4 Å². The molecule has 2 aromatic carbocycles. The van der Waals surface area contributed by atoms with E-state index in [0.29, 0.717) is 5.56 Å². The van der Waals surface area contributed by atoms with Crippen LogP contribution in [0.4, 0.5) is 0 Å². The highest BCUT2D eigenvalue weighted by Crippen LogP contribution is 2.15. The second kappa shape index (κ2) is 4.44. The van der Waals surface area contributed by atoms with E-state index in [1.165, 1.54) is 0 Å². The van der Waals surface area contributed by atoms with Crippen molar-refractivity contribution in [2.75, 3.05) is 0 Å². The highest BCUT2D eigenvalue weighted by atomic mass is 16.4. The van der Waals surface area contributed by atoms with Crippen LogP contribution in [0.3, 0.4) is 0 Å². The van der Waals surface area contributed by atoms with Gasteiger partial charge in [-0.1, -0.05) is 46.7 Å². The molecule has 0 unspecified atom stereocenters. The Balaban J connectivity index is 2.54. The average Bonchev–Trinajstić information content (AvgIpc) is 2.35. The molecule has 2 N–H and O–H groups in total. The van der Waals surface area contributed by atoms with Crippen molar-refractivity contribution in [2.45, 2.75) is 0 Å². The van der Waals surface area contributed by atoms with E-state index < -0.39 is 0 Å². The van der Waals surface area contributed by atoms with E-state index in [9.17, 15) is 0 Å². The maximum atomic E-state index is 8.77. The second-order valence-corrected chi connectivity index (χ2v) is 3.29. The summed E-state index contributed by atoms with van der Waals surface area (Å²) in [4.78, 5) is 0. The van der Waals surface area contributed by atoms with Crippen LogP contribution in [0.2, 0.25) is 0 Å². The largest absolute Gasteiger partial charge is 0.411 e. The number of benzene rings is 2. The Kier molecular flexibility index (Phi) is 2.82. The third kappa shape index (κ3) is 1.86. The Labute approximate surface area is 92.1 Å². The SMILES string of the molecule is ON=CC(=NO)c1ccc2ccccc2c1. The molecule has 0 atom stereocenters. The summed E-state index contributed by atoms with van der Waals surface area (Å²) in [6.07, 6.45) is 1.09. The zero-order valence-corrected chi connectivity index (χ0v) is 8.41. The predicted octanol–water partition coefficient (Wildman–Crippen LogP) is 2.48. The maximum absolute atomic E-state index is 8.77. The van der Waals surface area contributed by atoms with Crippen LogP contribution in [-0.4, -0.2) is 22.3 Å². The van der Waals surface area contributed by atoms with Crippen molar-refractivity contribution in [1.29, 1.82) is 0 Å². The molecule has 0 saturated carbocycles. The van der Waals surface area contributed by atoms with Gasteiger partial charge in [-0.3, -0.25) is 0 Å². The number of hydrogen-bond acceptors (Lipinski definition) is 4. The lowest BCUT2D eigenvalue weighted by atomic mass is 10.0. The van der Waals surface area contributed by atoms with E-state index in [1.807, 2.05) is 36.4 Å². The molecule has 80 valence electrons. The molecule has 0 aliphatic heterocycles. The molecule has 0 radical (unpaired) electrons. The molecule has 0 aliphatic carbocycles. The first kappa shape index (κ1) is 10.2. The average molecular weight is 214 g/mol. The zero-order chi connectivity index (χ0) is 11.4. The van der Waals surface area contributed by atoms with Gasteiger partial charge in [-0.2, -0.15) is 0 Å². The van der Waals surface area contributed by atoms with Gasteiger partial charge in [0.05, 0.1) is 6.21 Å². The summed E-state index contributed by atoms with van der Waals surface area (Å²) in [6.45, 7) is 0. The topological polar surface area (TPSA) is 65.2 Å². The molecule has 2 rings (SSSR count). The van der Waals surface area contributed by atoms with Crippen molar-refractivity contribution >= 4 is 22.7 Å². The Morgan fingerprint density at radius 2 is 1.75 bits per heavy atom. The minimum atomic E-state index is 0.216. The minimum absolute atomic E-state index is 0.216. The van der Waals surface area contributed by atoms with Gasteiger partial charge in [0.25, 0.3) is 0 Å². The Morgan fingerprint density at radius 3 is 2.44 bits per heavy atom. The second-order valence-electron chi connectivity index (χ2n) is 3.29. The van der Waals surface area contributed by atoms with Crippen LogP contribution < -0.4 is 0 Å². The van der Waals surface area contributed by atoms with Crippen LogP contribution >= 0.6 is 0 Å². The van der Waals surface area contributed by atoms with Crippen LogP contribution in [-0.2, 0) is 0 Å². The fourth-order valence-corrected chi connectivity index (χ4v) is 1.56. The summed E-state index contributed by atoms with van der Waals surface area (Å²) >= 11 is 0. The lowest BCUT2D eigenvalue weighted by molar-refractivity contribution is 0.316. The molecule has 0 aliphatic rings. The smallest absolute Gasteiger partial charge is 0.131 e. The summed E-state index contributed by atoms with van der Waals surface area (Å²) in [5.74, 6) is 0. The summed E-state index contributed by atoms with van der Waals surface area (Å²) < 4.78 is 0. The van der Waals surface area contributed by atoms with Crippen molar-refractivity contribution < 1.29 is 10.4 Å². The van der Waals surface area contributed by atoms with Crippen LogP contribution in [0.15, 0.2) is 52.8 Å². The van der Waals surface area contributed by atoms with Gasteiger partial charge in [0.1, 0.15) is 5.71 Å². The molecule has 2 aromatic rings. The van der Waals surface area contributed by atoms with Gasteiger partial charge in [-0.05, 0) is 16.8 Å². The Hall–Kier alpha value is -2.36. The van der Waals surface area contributed by atoms with E-state index in [2.05, 4.69) is 10.3 Å². The van der Waals surface area contributed by atoms with E-state index in [0.717, 1.165) is 17.0 Å². The van der Waals surface area contributed by atoms with Gasteiger partial charge in [0.2, 0.25) is 0 Å². The molecular formula is C12H10N2O2. The maximum Gasteiger partial charge on any atom is 0.131 e. The number of oxime groups is 2. The summed E-state index contributed by atoms with van der Waals surface area (Å²) in [7, 11) is 0. The summed E-state index contributed by atoms with van der Waals surface area (Å²) in [5, 5.41) is 25.2. The third-order valence-electron chi connectivity index (χ3n) is 2.33. The summed E-state index contributed by atoms with van der Waals surface area (Å²) in [6, 6.07) is 13.4. The molecule has 0 bridgehead atoms. The molecule has 0 aromatic heterocycles. The van der Waals surface area contributed by atoms with Crippen molar-refractivity contribution in [2.24, 2.45) is 10.3 Å². The molecule has 0 amide bonds. The Bertz CT molecular complexity index is 562. The molecule has 0 spiro atoms. The zero-order valence-electron chi connectivity index (χ0n) is 8.41. The molecule has 16 heavy (non-hydrogen) atoms. The van der Waals surface area contributed by atoms with Crippen LogP contribution in [0.1, 0.15) is 5.56 Å². The molecule has 4 nitrogen and oxygen atoms in total. The number of hydrogen-bond donors (Lipinski definition) is 2. The predicted molar refractivity (Wildman–Crippen MR) is 62.6 cm³/mol. The van der Waals surface area contributed by atoms with Gasteiger partial charge in [-0.25, -0.2) is 0 Å². The standard InChI is InChI=1S/C12H10N2O2/c15-13-8-12(14-16)11-6-5-9-3-1-2-4-10(9)7-11/h1-8,15-16H. The van der Waals surface area contributed by atoms with Crippen molar-refractivity contribution in [3.8, 4) is 0 Å². The lowest BCUT2D eigenvalue weighted by Crippen LogP contribution is -2.02. The van der Waals surface area contributed by atoms with Crippen molar-refractivity contribution in [1.82, 2.24) is 0 Å². The molecule has 0 saturated heterocycles. The van der Waals surface area contributed by atoms with Crippen molar-refractivity contribution in [3.63, 3.8) is 0 Å². The van der Waals surface area contributed by atoms with Crippen LogP contribution in [0, 0.1) is 0 Å². The first-order valence-corrected chi connectivity index (χ1v) is 4.74. The molecule has 0 fully saturated rings. The highest BCUT2D eigenvalue weighted by molar-refractivity contribution is 6.38. The van der Waals surface area contributed by atoms with E-state index in [1.54, 1.807) is 6.07 Å². The van der Waals surface area contributed by atoms with E-state index in [-0.39, 0.29) is 5.71 Å². The highest BCUT2D eigenvalue weighted by Gasteiger charge is 2.02. The quantitative estimate of drug-likeness (QED) is 0.458. The third-order valence-corrected chi connectivity index (χ3v) is 2.33. The normalized spacial score (nSPS) is 12.4. The first-order valence-electron chi connectivity index (χ1n) is 4.74. The van der Waals surface area contributed by atoms with Gasteiger partial charge in [0.15, 0.2) is 0 Å². The molecular weight excluding hydrogens is 204 g/mol. The van der Waals surface area contributed by atoms with Gasteiger partial charge >= 0.3 is 0 Å². The number of nitrogens with zero attached hydrogens (tertiary/aromatic N) is 2. The minimum Gasteiger partial charge on any atom is -0.411 e. The number of fused-ring (bicyclic) bond motifs is 1. The lowest BCUT2D eigenvalue weighted by Gasteiger charge is -2.01. The van der Waals surface area contributed by atoms with Crippen LogP contribution in [0.25, 0.3) is 10.8 Å². The molecule has 4 heteroatoms. The number of rotatable bonds is 2. The van der Waals surface area contributed by atoms with Gasteiger partial charge in [-0.15, -0.1) is 0 Å². The fourth-order valence-electron chi connectivity index (χ4n) is 1.56.